The van der Waals surface area contributed by atoms with Gasteiger partial charge < -0.3 is 9.47 Å². The molecule has 1 aliphatic rings. The summed E-state index contributed by atoms with van der Waals surface area (Å²) in [5.41, 5.74) is 1.55. The van der Waals surface area contributed by atoms with Gasteiger partial charge in [0.25, 0.3) is 11.8 Å². The third-order valence-electron chi connectivity index (χ3n) is 4.15. The Hall–Kier alpha value is -3.94. The molecule has 3 rings (SSSR count). The molecular weight excluding hydrogens is 376 g/mol. The van der Waals surface area contributed by atoms with E-state index in [-0.39, 0.29) is 17.1 Å². The van der Waals surface area contributed by atoms with Crippen LogP contribution in [0.3, 0.4) is 0 Å². The minimum Gasteiger partial charge on any atom is -0.493 e. The molecule has 1 heterocycles. The number of benzene rings is 2. The van der Waals surface area contributed by atoms with Crippen LogP contribution in [0.4, 0.5) is 10.5 Å². The van der Waals surface area contributed by atoms with Crippen molar-refractivity contribution in [3.63, 3.8) is 0 Å². The number of urea groups is 1. The van der Waals surface area contributed by atoms with Gasteiger partial charge in [0, 0.05) is 6.92 Å². The van der Waals surface area contributed by atoms with Crippen LogP contribution >= 0.6 is 0 Å². The number of aryl methyl sites for hydroxylation is 1. The fraction of sp³-hybridized carbons (Fsp3) is 0.143. The average Bonchev–Trinajstić information content (AvgIpc) is 2.67. The minimum atomic E-state index is -0.816. The molecule has 1 fully saturated rings. The van der Waals surface area contributed by atoms with Gasteiger partial charge in [-0.05, 0) is 42.8 Å². The summed E-state index contributed by atoms with van der Waals surface area (Å²) >= 11 is 0. The Bertz CT molecular complexity index is 1040. The van der Waals surface area contributed by atoms with E-state index < -0.39 is 23.8 Å². The predicted molar refractivity (Wildman–Crippen MR) is 104 cm³/mol. The van der Waals surface area contributed by atoms with E-state index in [4.69, 9.17) is 9.47 Å². The van der Waals surface area contributed by atoms with Crippen LogP contribution in [-0.2, 0) is 14.4 Å². The van der Waals surface area contributed by atoms with Crippen LogP contribution in [0.1, 0.15) is 18.1 Å². The van der Waals surface area contributed by atoms with Crippen LogP contribution in [0, 0.1) is 6.92 Å². The largest absolute Gasteiger partial charge is 0.493 e. The summed E-state index contributed by atoms with van der Waals surface area (Å²) in [6.07, 6.45) is 1.34. The third-order valence-corrected chi connectivity index (χ3v) is 4.15. The molecule has 148 valence electrons. The fourth-order valence-electron chi connectivity index (χ4n) is 2.77. The Labute approximate surface area is 166 Å². The van der Waals surface area contributed by atoms with E-state index in [0.29, 0.717) is 11.3 Å². The molecule has 29 heavy (non-hydrogen) atoms. The van der Waals surface area contributed by atoms with Crippen molar-refractivity contribution in [1.82, 2.24) is 5.32 Å². The summed E-state index contributed by atoms with van der Waals surface area (Å²) in [7, 11) is 1.40. The van der Waals surface area contributed by atoms with Gasteiger partial charge in [0.1, 0.15) is 5.57 Å². The van der Waals surface area contributed by atoms with Gasteiger partial charge in [0.05, 0.1) is 12.8 Å². The summed E-state index contributed by atoms with van der Waals surface area (Å²) in [6, 6.07) is 10.5. The molecule has 0 bridgehead atoms. The molecule has 2 aromatic rings. The summed E-state index contributed by atoms with van der Waals surface area (Å²) < 4.78 is 10.2. The Kier molecular flexibility index (Phi) is 5.45. The first-order valence-corrected chi connectivity index (χ1v) is 8.64. The maximum atomic E-state index is 12.9. The van der Waals surface area contributed by atoms with Crippen molar-refractivity contribution in [2.45, 2.75) is 13.8 Å². The van der Waals surface area contributed by atoms with E-state index in [1.807, 2.05) is 6.92 Å². The molecule has 0 aromatic heterocycles. The van der Waals surface area contributed by atoms with Crippen molar-refractivity contribution in [2.75, 3.05) is 12.0 Å². The number of barbiturate groups is 1. The predicted octanol–water partition coefficient (Wildman–Crippen LogP) is 2.60. The van der Waals surface area contributed by atoms with Crippen LogP contribution < -0.4 is 19.7 Å². The molecule has 4 amide bonds. The molecule has 0 unspecified atom stereocenters. The van der Waals surface area contributed by atoms with E-state index in [2.05, 4.69) is 5.32 Å². The van der Waals surface area contributed by atoms with Crippen LogP contribution in [0.15, 0.2) is 48.0 Å². The lowest BCUT2D eigenvalue weighted by atomic mass is 10.1. The summed E-state index contributed by atoms with van der Waals surface area (Å²) in [5, 5.41) is 2.17. The van der Waals surface area contributed by atoms with Crippen molar-refractivity contribution in [3.8, 4) is 11.5 Å². The second-order valence-corrected chi connectivity index (χ2v) is 6.30. The molecule has 0 atom stereocenters. The fourth-order valence-corrected chi connectivity index (χ4v) is 2.77. The van der Waals surface area contributed by atoms with E-state index in [1.54, 1.807) is 30.3 Å². The molecule has 0 saturated carbocycles. The van der Waals surface area contributed by atoms with Crippen molar-refractivity contribution in [2.24, 2.45) is 0 Å². The monoisotopic (exact) mass is 394 g/mol. The SMILES string of the molecule is COc1cc(/C=C2\C(=O)NC(=O)N(c3ccc(C)cc3)C2=O)ccc1OC(C)=O. The zero-order valence-electron chi connectivity index (χ0n) is 16.0. The lowest BCUT2D eigenvalue weighted by molar-refractivity contribution is -0.132. The number of amides is 4. The second-order valence-electron chi connectivity index (χ2n) is 6.30. The molecule has 0 radical (unpaired) electrons. The topological polar surface area (TPSA) is 102 Å². The number of ether oxygens (including phenoxy) is 2. The lowest BCUT2D eigenvalue weighted by Gasteiger charge is -2.26. The molecular formula is C21H18N2O6. The number of nitrogens with one attached hydrogen (secondary N) is 1. The van der Waals surface area contributed by atoms with Crippen molar-refractivity contribution in [3.05, 3.63) is 59.2 Å². The number of imide groups is 2. The molecule has 1 aliphatic heterocycles. The van der Waals surface area contributed by atoms with Gasteiger partial charge >= 0.3 is 12.0 Å². The number of carbonyl (C=O) groups excluding carboxylic acids is 4. The normalized spacial score (nSPS) is 15.3. The average molecular weight is 394 g/mol. The maximum absolute atomic E-state index is 12.9. The van der Waals surface area contributed by atoms with E-state index >= 15 is 0 Å². The first-order chi connectivity index (χ1) is 13.8. The molecule has 1 saturated heterocycles. The quantitative estimate of drug-likeness (QED) is 0.370. The minimum absolute atomic E-state index is 0.207. The highest BCUT2D eigenvalue weighted by molar-refractivity contribution is 6.39. The first-order valence-electron chi connectivity index (χ1n) is 8.64. The molecule has 0 spiro atoms. The molecule has 2 aromatic carbocycles. The molecule has 1 N–H and O–H groups in total. The zero-order valence-corrected chi connectivity index (χ0v) is 16.0. The number of nitrogens with zero attached hydrogens (tertiary/aromatic N) is 1. The molecule has 8 heteroatoms. The van der Waals surface area contributed by atoms with Gasteiger partial charge in [-0.25, -0.2) is 9.69 Å². The summed E-state index contributed by atoms with van der Waals surface area (Å²) in [4.78, 5) is 49.4. The highest BCUT2D eigenvalue weighted by Gasteiger charge is 2.36. The first kappa shape index (κ1) is 19.8. The number of anilines is 1. The highest BCUT2D eigenvalue weighted by atomic mass is 16.6. The molecule has 8 nitrogen and oxygen atoms in total. The van der Waals surface area contributed by atoms with Crippen LogP contribution in [0.5, 0.6) is 11.5 Å². The standard InChI is InChI=1S/C21H18N2O6/c1-12-4-7-15(8-5-12)23-20(26)16(19(25)22-21(23)27)10-14-6-9-17(29-13(2)24)18(11-14)28-3/h4-11H,1-3H3,(H,22,25,27)/b16-10+. The second kappa shape index (κ2) is 7.97. The number of hydrogen-bond acceptors (Lipinski definition) is 6. The number of rotatable bonds is 4. The Morgan fingerprint density at radius 2 is 1.72 bits per heavy atom. The van der Waals surface area contributed by atoms with Crippen LogP contribution in [0.2, 0.25) is 0 Å². The maximum Gasteiger partial charge on any atom is 0.335 e. The van der Waals surface area contributed by atoms with Gasteiger partial charge in [-0.15, -0.1) is 0 Å². The lowest BCUT2D eigenvalue weighted by Crippen LogP contribution is -2.54. The third kappa shape index (κ3) is 4.16. The van der Waals surface area contributed by atoms with Gasteiger partial charge in [-0.1, -0.05) is 23.8 Å². The molecule has 0 aliphatic carbocycles. The number of hydrogen-bond donors (Lipinski definition) is 1. The van der Waals surface area contributed by atoms with Gasteiger partial charge in [0.2, 0.25) is 0 Å². The van der Waals surface area contributed by atoms with Gasteiger partial charge in [-0.2, -0.15) is 0 Å². The van der Waals surface area contributed by atoms with E-state index in [1.165, 1.54) is 32.2 Å². The number of esters is 1. The van der Waals surface area contributed by atoms with E-state index in [9.17, 15) is 19.2 Å². The zero-order chi connectivity index (χ0) is 21.1. The number of carbonyl (C=O) groups is 4. The van der Waals surface area contributed by atoms with Crippen molar-refractivity contribution >= 4 is 35.6 Å². The van der Waals surface area contributed by atoms with Crippen LogP contribution in [-0.4, -0.2) is 30.9 Å². The highest BCUT2D eigenvalue weighted by Crippen LogP contribution is 2.30. The van der Waals surface area contributed by atoms with Gasteiger partial charge in [0.15, 0.2) is 11.5 Å². The Morgan fingerprint density at radius 1 is 1.03 bits per heavy atom. The summed E-state index contributed by atoms with van der Waals surface area (Å²) in [6.45, 7) is 3.14. The van der Waals surface area contributed by atoms with Crippen molar-refractivity contribution < 1.29 is 28.7 Å². The number of methoxy groups -OCH3 is 1. The van der Waals surface area contributed by atoms with Crippen molar-refractivity contribution in [1.29, 1.82) is 0 Å². The Balaban J connectivity index is 1.98. The van der Waals surface area contributed by atoms with E-state index in [0.717, 1.165) is 10.5 Å². The Morgan fingerprint density at radius 3 is 2.34 bits per heavy atom. The summed E-state index contributed by atoms with van der Waals surface area (Å²) in [5.74, 6) is -1.59. The van der Waals surface area contributed by atoms with Gasteiger partial charge in [-0.3, -0.25) is 19.7 Å². The smallest absolute Gasteiger partial charge is 0.335 e. The van der Waals surface area contributed by atoms with Crippen LogP contribution in [0.25, 0.3) is 6.08 Å².